The van der Waals surface area contributed by atoms with Gasteiger partial charge in [-0.25, -0.2) is 0 Å². The van der Waals surface area contributed by atoms with E-state index in [0.29, 0.717) is 30.5 Å². The van der Waals surface area contributed by atoms with E-state index in [4.69, 9.17) is 9.51 Å². The molecule has 0 N–H and O–H groups in total. The Balaban J connectivity index is 1.47. The van der Waals surface area contributed by atoms with Crippen LogP contribution in [0.4, 0.5) is 0 Å². The van der Waals surface area contributed by atoms with Gasteiger partial charge in [-0.1, -0.05) is 35.0 Å². The number of rotatable bonds is 3. The molecule has 4 heterocycles. The number of hydrogen-bond acceptors (Lipinski definition) is 6. The van der Waals surface area contributed by atoms with Gasteiger partial charge in [-0.2, -0.15) is 4.98 Å². The molecule has 0 unspecified atom stereocenters. The second kappa shape index (κ2) is 7.57. The monoisotopic (exact) mass is 417 g/mol. The van der Waals surface area contributed by atoms with Crippen LogP contribution in [0.5, 0.6) is 0 Å². The minimum Gasteiger partial charge on any atom is -0.339 e. The smallest absolute Gasteiger partial charge is 0.272 e. The zero-order valence-electron chi connectivity index (χ0n) is 18.2. The highest BCUT2D eigenvalue weighted by atomic mass is 16.5. The molecule has 7 heteroatoms. The summed E-state index contributed by atoms with van der Waals surface area (Å²) in [6.45, 7) is 7.13. The Morgan fingerprint density at radius 2 is 2.06 bits per heavy atom. The lowest BCUT2D eigenvalue weighted by Gasteiger charge is -2.27. The van der Waals surface area contributed by atoms with Crippen molar-refractivity contribution in [2.24, 2.45) is 5.41 Å². The van der Waals surface area contributed by atoms with Crippen molar-refractivity contribution in [2.75, 3.05) is 33.2 Å². The van der Waals surface area contributed by atoms with Gasteiger partial charge < -0.3 is 14.3 Å². The minimum atomic E-state index is -0.0799. The highest BCUT2D eigenvalue weighted by Gasteiger charge is 2.54. The standard InChI is InChI=1S/C24H27N5O2/c1-16-6-4-8-18(12-16)21-26-22(31-27-21)19-13-29(15-24(19)9-11-28(3)14-24)23(30)20-17(2)7-5-10-25-20/h4-8,10,12,19H,9,11,13-15H2,1-3H3/t19-,24-/m0/s1. The predicted molar refractivity (Wildman–Crippen MR) is 117 cm³/mol. The summed E-state index contributed by atoms with van der Waals surface area (Å²) in [5, 5.41) is 4.27. The molecular weight excluding hydrogens is 390 g/mol. The van der Waals surface area contributed by atoms with Gasteiger partial charge >= 0.3 is 0 Å². The van der Waals surface area contributed by atoms with Gasteiger partial charge in [0.1, 0.15) is 5.69 Å². The summed E-state index contributed by atoms with van der Waals surface area (Å²) in [4.78, 5) is 26.7. The third-order valence-corrected chi connectivity index (χ3v) is 6.74. The molecule has 0 aliphatic carbocycles. The zero-order valence-corrected chi connectivity index (χ0v) is 18.2. The number of benzene rings is 1. The first-order valence-corrected chi connectivity index (χ1v) is 10.8. The Morgan fingerprint density at radius 1 is 1.19 bits per heavy atom. The van der Waals surface area contributed by atoms with Gasteiger partial charge in [-0.15, -0.1) is 0 Å². The fourth-order valence-electron chi connectivity index (χ4n) is 5.12. The number of pyridine rings is 1. The molecule has 2 aromatic heterocycles. The van der Waals surface area contributed by atoms with Crippen LogP contribution < -0.4 is 0 Å². The van der Waals surface area contributed by atoms with Gasteiger partial charge in [0.05, 0.1) is 5.92 Å². The molecule has 3 aromatic rings. The van der Waals surface area contributed by atoms with E-state index in [1.807, 2.05) is 49.1 Å². The third kappa shape index (κ3) is 3.53. The maximum Gasteiger partial charge on any atom is 0.272 e. The van der Waals surface area contributed by atoms with Crippen molar-refractivity contribution in [3.63, 3.8) is 0 Å². The molecule has 2 atom stereocenters. The molecule has 160 valence electrons. The Bertz CT molecular complexity index is 1130. The van der Waals surface area contributed by atoms with Crippen LogP contribution in [0.3, 0.4) is 0 Å². The van der Waals surface area contributed by atoms with Gasteiger partial charge in [-0.05, 0) is 51.6 Å². The van der Waals surface area contributed by atoms with E-state index in [1.165, 1.54) is 0 Å². The Kier molecular flexibility index (Phi) is 4.85. The van der Waals surface area contributed by atoms with E-state index < -0.39 is 0 Å². The van der Waals surface area contributed by atoms with Crippen LogP contribution in [0.1, 0.15) is 39.8 Å². The normalized spacial score (nSPS) is 23.7. The minimum absolute atomic E-state index is 0.0106. The van der Waals surface area contributed by atoms with Crippen molar-refractivity contribution in [3.8, 4) is 11.4 Å². The molecule has 1 amide bonds. The number of aryl methyl sites for hydroxylation is 2. The number of carbonyl (C=O) groups excluding carboxylic acids is 1. The second-order valence-corrected chi connectivity index (χ2v) is 9.08. The van der Waals surface area contributed by atoms with Crippen molar-refractivity contribution in [1.29, 1.82) is 0 Å². The van der Waals surface area contributed by atoms with E-state index in [0.717, 1.165) is 36.2 Å². The first kappa shape index (κ1) is 19.9. The lowest BCUT2D eigenvalue weighted by atomic mass is 9.77. The van der Waals surface area contributed by atoms with E-state index in [2.05, 4.69) is 28.2 Å². The van der Waals surface area contributed by atoms with Gasteiger partial charge in [0, 0.05) is 36.8 Å². The Labute approximate surface area is 182 Å². The highest BCUT2D eigenvalue weighted by molar-refractivity contribution is 5.94. The summed E-state index contributed by atoms with van der Waals surface area (Å²) in [7, 11) is 2.13. The number of amides is 1. The first-order chi connectivity index (χ1) is 14.9. The molecule has 31 heavy (non-hydrogen) atoms. The number of likely N-dealkylation sites (tertiary alicyclic amines) is 2. The number of carbonyl (C=O) groups is 1. The second-order valence-electron chi connectivity index (χ2n) is 9.08. The van der Waals surface area contributed by atoms with Gasteiger partial charge in [0.15, 0.2) is 0 Å². The first-order valence-electron chi connectivity index (χ1n) is 10.8. The number of nitrogens with zero attached hydrogens (tertiary/aromatic N) is 5. The van der Waals surface area contributed by atoms with Crippen LogP contribution in [0.15, 0.2) is 47.1 Å². The SMILES string of the molecule is Cc1cccc(-c2noc([C@@H]3CN(C(=O)c4ncccc4C)C[C@@]34CCN(C)C4)n2)c1. The van der Waals surface area contributed by atoms with Crippen molar-refractivity contribution >= 4 is 5.91 Å². The van der Waals surface area contributed by atoms with Crippen molar-refractivity contribution < 1.29 is 9.32 Å². The van der Waals surface area contributed by atoms with Crippen molar-refractivity contribution in [2.45, 2.75) is 26.2 Å². The summed E-state index contributed by atoms with van der Waals surface area (Å²) >= 11 is 0. The molecule has 0 saturated carbocycles. The van der Waals surface area contributed by atoms with Gasteiger partial charge in [0.2, 0.25) is 11.7 Å². The number of aromatic nitrogens is 3. The van der Waals surface area contributed by atoms with E-state index in [-0.39, 0.29) is 17.2 Å². The molecule has 1 aromatic carbocycles. The molecule has 2 fully saturated rings. The summed E-state index contributed by atoms with van der Waals surface area (Å²) in [6, 6.07) is 11.9. The third-order valence-electron chi connectivity index (χ3n) is 6.74. The van der Waals surface area contributed by atoms with Crippen LogP contribution in [0, 0.1) is 19.3 Å². The highest BCUT2D eigenvalue weighted by Crippen LogP contribution is 2.48. The van der Waals surface area contributed by atoms with Crippen LogP contribution in [0.25, 0.3) is 11.4 Å². The lowest BCUT2D eigenvalue weighted by molar-refractivity contribution is 0.0767. The largest absolute Gasteiger partial charge is 0.339 e. The molecule has 0 radical (unpaired) electrons. The molecule has 5 rings (SSSR count). The zero-order chi connectivity index (χ0) is 21.6. The molecule has 7 nitrogen and oxygen atoms in total. The Hall–Kier alpha value is -3.06. The fourth-order valence-corrected chi connectivity index (χ4v) is 5.12. The predicted octanol–water partition coefficient (Wildman–Crippen LogP) is 3.31. The Morgan fingerprint density at radius 3 is 2.81 bits per heavy atom. The quantitative estimate of drug-likeness (QED) is 0.651. The van der Waals surface area contributed by atoms with Crippen molar-refractivity contribution in [3.05, 3.63) is 65.3 Å². The lowest BCUT2D eigenvalue weighted by Crippen LogP contribution is -2.35. The molecular formula is C24H27N5O2. The summed E-state index contributed by atoms with van der Waals surface area (Å²) in [6.07, 6.45) is 2.68. The summed E-state index contributed by atoms with van der Waals surface area (Å²) in [5.74, 6) is 1.22. The average Bonchev–Trinajstić information content (AvgIpc) is 3.47. The van der Waals surface area contributed by atoms with Gasteiger partial charge in [0.25, 0.3) is 5.91 Å². The van der Waals surface area contributed by atoms with Crippen LogP contribution >= 0.6 is 0 Å². The molecule has 1 spiro atoms. The molecule has 2 aliphatic rings. The molecule has 2 saturated heterocycles. The molecule has 2 aliphatic heterocycles. The fraction of sp³-hybridized carbons (Fsp3) is 0.417. The maximum absolute atomic E-state index is 13.3. The van der Waals surface area contributed by atoms with E-state index in [9.17, 15) is 4.79 Å². The van der Waals surface area contributed by atoms with Crippen LogP contribution in [-0.2, 0) is 0 Å². The van der Waals surface area contributed by atoms with Crippen LogP contribution in [-0.4, -0.2) is 64.1 Å². The van der Waals surface area contributed by atoms with Crippen molar-refractivity contribution in [1.82, 2.24) is 24.9 Å². The average molecular weight is 418 g/mol. The summed E-state index contributed by atoms with van der Waals surface area (Å²) < 4.78 is 5.79. The molecule has 0 bridgehead atoms. The van der Waals surface area contributed by atoms with E-state index >= 15 is 0 Å². The maximum atomic E-state index is 13.3. The van der Waals surface area contributed by atoms with E-state index in [1.54, 1.807) is 6.20 Å². The topological polar surface area (TPSA) is 75.4 Å². The van der Waals surface area contributed by atoms with Gasteiger partial charge in [-0.3, -0.25) is 9.78 Å². The summed E-state index contributed by atoms with van der Waals surface area (Å²) in [5.41, 5.74) is 3.44. The number of hydrogen-bond donors (Lipinski definition) is 0. The van der Waals surface area contributed by atoms with Crippen LogP contribution in [0.2, 0.25) is 0 Å².